The summed E-state index contributed by atoms with van der Waals surface area (Å²) in [4.78, 5) is 36.7. The summed E-state index contributed by atoms with van der Waals surface area (Å²) in [6.45, 7) is 0. The van der Waals surface area contributed by atoms with Crippen molar-refractivity contribution in [3.05, 3.63) is 480 Å². The number of nitrogens with zero attached hydrogens (tertiary/aromatic N) is 13. The second-order valence-electron chi connectivity index (χ2n) is 36.5. The van der Waals surface area contributed by atoms with Gasteiger partial charge in [0.1, 0.15) is 5.82 Å². The summed E-state index contributed by atoms with van der Waals surface area (Å²) in [5, 5.41) is 19.5. The molecule has 0 saturated heterocycles. The second-order valence-corrected chi connectivity index (χ2v) is 39.7. The zero-order valence-corrected chi connectivity index (χ0v) is 80.1. The third kappa shape index (κ3) is 13.5. The van der Waals surface area contributed by atoms with Crippen LogP contribution in [0.4, 0.5) is 0 Å². The van der Waals surface area contributed by atoms with Crippen LogP contribution in [-0.2, 0) is 0 Å². The molecule has 0 saturated carbocycles. The lowest BCUT2D eigenvalue weighted by atomic mass is 10.0. The molecule has 0 aliphatic carbocycles. The van der Waals surface area contributed by atoms with Crippen LogP contribution in [0.15, 0.2) is 480 Å². The first-order valence-electron chi connectivity index (χ1n) is 48.6. The number of hydrogen-bond donors (Lipinski definition) is 0. The Morgan fingerprint density at radius 1 is 0.186 bits per heavy atom. The number of para-hydroxylation sites is 7. The highest BCUT2D eigenvalue weighted by molar-refractivity contribution is 7.28. The van der Waals surface area contributed by atoms with Gasteiger partial charge in [-0.05, 0) is 108 Å². The van der Waals surface area contributed by atoms with Gasteiger partial charge in [0.2, 0.25) is 11.9 Å². The van der Waals surface area contributed by atoms with E-state index >= 15 is 0 Å². The van der Waals surface area contributed by atoms with Gasteiger partial charge in [0.15, 0.2) is 17.5 Å². The molecule has 31 rings (SSSR count). The maximum absolute atomic E-state index is 5.48. The average molecular weight is 1910 g/mol. The fraction of sp³-hybridized carbons (Fsp3) is 0. The maximum atomic E-state index is 5.48. The Bertz CT molecular complexity index is 10100. The Morgan fingerprint density at radius 2 is 0.490 bits per heavy atom. The summed E-state index contributed by atoms with van der Waals surface area (Å²) in [6.07, 6.45) is 6.66. The van der Waals surface area contributed by atoms with Gasteiger partial charge >= 0.3 is 0 Å². The van der Waals surface area contributed by atoms with Gasteiger partial charge in [-0.25, -0.2) is 24.9 Å². The van der Waals surface area contributed by atoms with E-state index in [1.165, 1.54) is 137 Å². The molecule has 31 aromatic rings. The molecule has 0 bridgehead atoms. The van der Waals surface area contributed by atoms with Crippen molar-refractivity contribution in [1.82, 2.24) is 62.3 Å². The van der Waals surface area contributed by atoms with Gasteiger partial charge in [-0.2, -0.15) is 9.97 Å². The van der Waals surface area contributed by atoms with E-state index in [9.17, 15) is 0 Å². The van der Waals surface area contributed by atoms with Crippen molar-refractivity contribution in [2.45, 2.75) is 0 Å². The normalized spacial score (nSPS) is 11.9. The largest absolute Gasteiger partial charge is 0.316 e. The van der Waals surface area contributed by atoms with Gasteiger partial charge in [-0.3, -0.25) is 13.7 Å². The molecule has 0 spiro atoms. The highest BCUT2D eigenvalue weighted by atomic mass is 32.1. The molecule has 0 unspecified atom stereocenters. The first kappa shape index (κ1) is 83.3. The predicted octanol–water partition coefficient (Wildman–Crippen LogP) is 34.2. The number of rotatable bonds is 12. The Morgan fingerprint density at radius 3 is 0.897 bits per heavy atom. The molecule has 16 heteroatoms. The van der Waals surface area contributed by atoms with Crippen LogP contribution in [0.25, 0.3) is 272 Å². The molecule has 13 nitrogen and oxygen atoms in total. The minimum atomic E-state index is 0.597. The average Bonchev–Trinajstić information content (AvgIpc) is 1.53. The highest BCUT2D eigenvalue weighted by Crippen LogP contribution is 2.54. The Hall–Kier alpha value is -18.7. The van der Waals surface area contributed by atoms with Crippen molar-refractivity contribution in [2.75, 3.05) is 0 Å². The molecule has 0 atom stereocenters. The van der Waals surface area contributed by atoms with Crippen LogP contribution in [0.3, 0.4) is 0 Å². The summed E-state index contributed by atoms with van der Waals surface area (Å²) in [5.41, 5.74) is 23.7. The standard InChI is InChI=1S/C46H28N4S.C42H26N4S.C41H25N5S/c1-3-13-29(14-4-1)30-23-25-31(26-24-30)42-33-17-7-10-20-37(33)47-46(48-42)50-38-21-11-8-18-34(38)41-43-36(27-28-49(43)32-15-5-2-6-16-32)40-35-19-9-12-22-39(35)51-45(40)44(41)50;1-4-14-27(15-5-1)33-26-36(44-42(43-33)28-16-6-2-7-17-28)46-34-22-12-10-20-30(34)38-39-32(24-25-45(39)29-18-8-3-9-19-29)37-31-21-11-13-23-35(31)47-41(37)40(38)46;1-4-14-26(15-5-1)39-42-40(27-16-6-2-7-17-27)44-41(43-39)46-32-22-12-10-20-29(32)35-36-31(24-25-45(36)28-18-8-3-9-19-28)34-30-21-11-13-23-33(30)47-38(34)37(35)46/h1-28H;1-26H;1-25H. The molecular weight excluding hydrogens is 1830 g/mol. The van der Waals surface area contributed by atoms with Crippen LogP contribution in [-0.4, -0.2) is 62.3 Å². The van der Waals surface area contributed by atoms with E-state index in [0.29, 0.717) is 29.4 Å². The number of hydrogen-bond acceptors (Lipinski definition) is 10. The monoisotopic (exact) mass is 1910 g/mol. The minimum Gasteiger partial charge on any atom is -0.316 e. The minimum absolute atomic E-state index is 0.597. The van der Waals surface area contributed by atoms with Crippen LogP contribution in [0.2, 0.25) is 0 Å². The van der Waals surface area contributed by atoms with Gasteiger partial charge in [-0.1, -0.05) is 358 Å². The molecule has 12 aromatic heterocycles. The molecule has 12 heterocycles. The Kier molecular flexibility index (Phi) is 19.6. The molecule has 0 N–H and O–H groups in total. The van der Waals surface area contributed by atoms with Crippen LogP contribution in [0.1, 0.15) is 0 Å². The van der Waals surface area contributed by atoms with Crippen molar-refractivity contribution < 1.29 is 0 Å². The fourth-order valence-corrected chi connectivity index (χ4v) is 25.8. The zero-order chi connectivity index (χ0) is 95.3. The number of aromatic nitrogens is 13. The second kappa shape index (κ2) is 34.1. The third-order valence-corrected chi connectivity index (χ3v) is 31.9. The van der Waals surface area contributed by atoms with Crippen LogP contribution in [0.5, 0.6) is 0 Å². The highest BCUT2D eigenvalue weighted by Gasteiger charge is 2.32. The molecule has 678 valence electrons. The van der Waals surface area contributed by atoms with Gasteiger partial charge in [-0.15, -0.1) is 34.0 Å². The van der Waals surface area contributed by atoms with Gasteiger partial charge in [0, 0.05) is 170 Å². The molecule has 0 amide bonds. The lowest BCUT2D eigenvalue weighted by Gasteiger charge is -2.13. The quantitative estimate of drug-likeness (QED) is 0.119. The zero-order valence-electron chi connectivity index (χ0n) is 77.6. The van der Waals surface area contributed by atoms with Gasteiger partial charge < -0.3 is 13.7 Å². The van der Waals surface area contributed by atoms with Crippen LogP contribution < -0.4 is 0 Å². The number of benzene rings is 19. The van der Waals surface area contributed by atoms with Crippen molar-refractivity contribution in [3.8, 4) is 103 Å². The SMILES string of the molecule is c1ccc(-c2cc(-n3c4ccccc4c4c5c(ccn5-c5ccccc5)c5c6ccccc6sc5c43)nc(-c3ccccc3)n2)cc1.c1ccc(-c2ccc(-c3nc(-n4c5ccccc5c5c6c(ccn6-c6ccccc6)c6c7ccccc7sc6c54)nc4ccccc34)cc2)cc1.c1ccc(-c2nc(-c3ccccc3)nc(-n3c4ccccc4c4c5c(ccn5-c5ccccc5)c5c6ccccc6sc5c43)n2)cc1. The molecule has 0 aliphatic rings. The Labute approximate surface area is 841 Å². The van der Waals surface area contributed by atoms with E-state index in [2.05, 4.69) is 446 Å². The molecule has 0 aliphatic heterocycles. The summed E-state index contributed by atoms with van der Waals surface area (Å²) in [7, 11) is 0. The van der Waals surface area contributed by atoms with Gasteiger partial charge in [0.05, 0.1) is 80.7 Å². The molecule has 145 heavy (non-hydrogen) atoms. The van der Waals surface area contributed by atoms with E-state index in [4.69, 9.17) is 34.9 Å². The first-order chi connectivity index (χ1) is 72.0. The van der Waals surface area contributed by atoms with Crippen LogP contribution in [0, 0.1) is 0 Å². The molecule has 0 radical (unpaired) electrons. The predicted molar refractivity (Wildman–Crippen MR) is 606 cm³/mol. The van der Waals surface area contributed by atoms with Crippen LogP contribution >= 0.6 is 34.0 Å². The van der Waals surface area contributed by atoms with E-state index < -0.39 is 0 Å². The van der Waals surface area contributed by atoms with E-state index in [1.54, 1.807) is 0 Å². The topological polar surface area (TPSA) is 120 Å². The molecule has 19 aromatic carbocycles. The van der Waals surface area contributed by atoms with Crippen molar-refractivity contribution >= 4 is 204 Å². The summed E-state index contributed by atoms with van der Waals surface area (Å²) < 4.78 is 21.5. The Balaban J connectivity index is 0.000000103. The van der Waals surface area contributed by atoms with Crippen molar-refractivity contribution in [1.29, 1.82) is 0 Å². The first-order valence-corrected chi connectivity index (χ1v) is 51.0. The number of thiophene rings is 3. The smallest absolute Gasteiger partial charge is 0.238 e. The van der Waals surface area contributed by atoms with E-state index in [-0.39, 0.29) is 0 Å². The maximum Gasteiger partial charge on any atom is 0.238 e. The summed E-state index contributed by atoms with van der Waals surface area (Å²) in [5.74, 6) is 4.09. The third-order valence-electron chi connectivity index (χ3n) is 28.3. The van der Waals surface area contributed by atoms with Gasteiger partial charge in [0.25, 0.3) is 0 Å². The lowest BCUT2D eigenvalue weighted by Crippen LogP contribution is -2.06. The summed E-state index contributed by atoms with van der Waals surface area (Å²) in [6, 6.07) is 162. The fourth-order valence-electron chi connectivity index (χ4n) is 22.0. The lowest BCUT2D eigenvalue weighted by molar-refractivity contribution is 0.955. The number of fused-ring (bicyclic) bond motifs is 31. The molecular formula is C129H79N13S3. The summed E-state index contributed by atoms with van der Waals surface area (Å²) >= 11 is 5.55. The van der Waals surface area contributed by atoms with Crippen molar-refractivity contribution in [2.24, 2.45) is 0 Å². The molecule has 0 fully saturated rings. The van der Waals surface area contributed by atoms with E-state index in [0.717, 1.165) is 106 Å². The van der Waals surface area contributed by atoms with Crippen molar-refractivity contribution in [3.63, 3.8) is 0 Å². The van der Waals surface area contributed by atoms with E-state index in [1.807, 2.05) is 94.7 Å².